The maximum atomic E-state index is 10.3. The van der Waals surface area contributed by atoms with Crippen LogP contribution in [0.1, 0.15) is 51.4 Å². The maximum Gasteiger partial charge on any atom is 0.303 e. The molecule has 100 valence electrons. The normalized spacial score (nSPS) is 17.0. The highest BCUT2D eigenvalue weighted by Crippen LogP contribution is 2.11. The van der Waals surface area contributed by atoms with Crippen molar-refractivity contribution in [3.8, 4) is 0 Å². The summed E-state index contributed by atoms with van der Waals surface area (Å²) >= 11 is 0. The lowest BCUT2D eigenvalue weighted by Gasteiger charge is -2.35. The molecule has 0 spiro atoms. The van der Waals surface area contributed by atoms with Gasteiger partial charge in [0.2, 0.25) is 0 Å². The molecule has 0 aromatic carbocycles. The van der Waals surface area contributed by atoms with Crippen LogP contribution in [0.3, 0.4) is 0 Å². The highest BCUT2D eigenvalue weighted by molar-refractivity contribution is 5.66. The van der Waals surface area contributed by atoms with Crippen molar-refractivity contribution in [2.45, 2.75) is 57.5 Å². The topological polar surface area (TPSA) is 60.8 Å². The molecule has 0 bridgehead atoms. The number of aliphatic hydroxyl groups is 1. The van der Waals surface area contributed by atoms with E-state index in [0.717, 1.165) is 38.9 Å². The number of β-amino-alcohol motifs (C(OH)–C–C–N with tert-alkyl or cyclic N) is 1. The van der Waals surface area contributed by atoms with Crippen molar-refractivity contribution in [3.05, 3.63) is 0 Å². The van der Waals surface area contributed by atoms with E-state index in [1.54, 1.807) is 0 Å². The van der Waals surface area contributed by atoms with Crippen molar-refractivity contribution in [1.82, 2.24) is 4.90 Å². The first kappa shape index (κ1) is 14.5. The lowest BCUT2D eigenvalue weighted by atomic mass is 10.1. The molecule has 4 nitrogen and oxygen atoms in total. The lowest BCUT2D eigenvalue weighted by molar-refractivity contribution is -0.137. The van der Waals surface area contributed by atoms with Crippen LogP contribution in [-0.2, 0) is 4.79 Å². The first-order chi connectivity index (χ1) is 8.18. The van der Waals surface area contributed by atoms with Crippen LogP contribution in [0.2, 0.25) is 0 Å². The standard InChI is InChI=1S/C13H25NO3/c15-12-10-14(11-12)9-7-5-3-1-2-4-6-8-13(16)17/h12,15H,1-11H2,(H,16,17). The van der Waals surface area contributed by atoms with Gasteiger partial charge in [0, 0.05) is 19.5 Å². The van der Waals surface area contributed by atoms with Crippen molar-refractivity contribution in [2.75, 3.05) is 19.6 Å². The first-order valence-corrected chi connectivity index (χ1v) is 6.80. The molecule has 0 radical (unpaired) electrons. The van der Waals surface area contributed by atoms with E-state index in [1.165, 1.54) is 25.7 Å². The monoisotopic (exact) mass is 243 g/mol. The van der Waals surface area contributed by atoms with Gasteiger partial charge >= 0.3 is 5.97 Å². The molecule has 0 aromatic heterocycles. The van der Waals surface area contributed by atoms with Crippen LogP contribution >= 0.6 is 0 Å². The average Bonchev–Trinajstić information content (AvgIpc) is 2.23. The number of unbranched alkanes of at least 4 members (excludes halogenated alkanes) is 6. The van der Waals surface area contributed by atoms with Crippen LogP contribution in [0.4, 0.5) is 0 Å². The van der Waals surface area contributed by atoms with Gasteiger partial charge in [0.15, 0.2) is 0 Å². The summed E-state index contributed by atoms with van der Waals surface area (Å²) in [6.07, 6.45) is 8.22. The average molecular weight is 243 g/mol. The van der Waals surface area contributed by atoms with Crippen molar-refractivity contribution in [1.29, 1.82) is 0 Å². The summed E-state index contributed by atoms with van der Waals surface area (Å²) in [4.78, 5) is 12.6. The first-order valence-electron chi connectivity index (χ1n) is 6.80. The minimum atomic E-state index is -0.679. The lowest BCUT2D eigenvalue weighted by Crippen LogP contribution is -2.50. The third-order valence-corrected chi connectivity index (χ3v) is 3.30. The largest absolute Gasteiger partial charge is 0.481 e. The van der Waals surface area contributed by atoms with Gasteiger partial charge in [0.05, 0.1) is 6.10 Å². The molecule has 1 saturated heterocycles. The number of carboxylic acids is 1. The summed E-state index contributed by atoms with van der Waals surface area (Å²) in [5.41, 5.74) is 0. The second-order valence-corrected chi connectivity index (χ2v) is 5.03. The molecule has 4 heteroatoms. The number of nitrogens with zero attached hydrogens (tertiary/aromatic N) is 1. The van der Waals surface area contributed by atoms with Gasteiger partial charge in [-0.15, -0.1) is 0 Å². The summed E-state index contributed by atoms with van der Waals surface area (Å²) in [6, 6.07) is 0. The molecule has 0 amide bonds. The number of rotatable bonds is 10. The zero-order valence-corrected chi connectivity index (χ0v) is 10.6. The minimum absolute atomic E-state index is 0.0794. The van der Waals surface area contributed by atoms with Crippen LogP contribution in [-0.4, -0.2) is 46.8 Å². The van der Waals surface area contributed by atoms with Gasteiger partial charge in [-0.2, -0.15) is 0 Å². The summed E-state index contributed by atoms with van der Waals surface area (Å²) in [7, 11) is 0. The van der Waals surface area contributed by atoms with E-state index in [2.05, 4.69) is 4.90 Å². The molecule has 0 aliphatic carbocycles. The minimum Gasteiger partial charge on any atom is -0.481 e. The summed E-state index contributed by atoms with van der Waals surface area (Å²) in [5.74, 6) is -0.679. The number of likely N-dealkylation sites (tertiary alicyclic amines) is 1. The predicted molar refractivity (Wildman–Crippen MR) is 67.0 cm³/mol. The second-order valence-electron chi connectivity index (χ2n) is 5.03. The number of hydrogen-bond donors (Lipinski definition) is 2. The van der Waals surface area contributed by atoms with Crippen LogP contribution in [0.15, 0.2) is 0 Å². The van der Waals surface area contributed by atoms with Crippen molar-refractivity contribution < 1.29 is 15.0 Å². The van der Waals surface area contributed by atoms with E-state index in [0.29, 0.717) is 6.42 Å². The molecule has 0 atom stereocenters. The fourth-order valence-electron chi connectivity index (χ4n) is 2.22. The highest BCUT2D eigenvalue weighted by Gasteiger charge is 2.22. The van der Waals surface area contributed by atoms with E-state index in [-0.39, 0.29) is 6.10 Å². The van der Waals surface area contributed by atoms with Crippen LogP contribution in [0, 0.1) is 0 Å². The van der Waals surface area contributed by atoms with E-state index >= 15 is 0 Å². The van der Waals surface area contributed by atoms with Gasteiger partial charge in [0.1, 0.15) is 0 Å². The zero-order chi connectivity index (χ0) is 12.5. The van der Waals surface area contributed by atoms with Crippen LogP contribution in [0.25, 0.3) is 0 Å². The molecule has 1 rings (SSSR count). The van der Waals surface area contributed by atoms with E-state index < -0.39 is 5.97 Å². The summed E-state index contributed by atoms with van der Waals surface area (Å²) < 4.78 is 0. The van der Waals surface area contributed by atoms with Crippen molar-refractivity contribution in [3.63, 3.8) is 0 Å². The quantitative estimate of drug-likeness (QED) is 0.575. The molecule has 0 unspecified atom stereocenters. The molecular formula is C13H25NO3. The third kappa shape index (κ3) is 7.34. The number of carbonyl (C=O) groups is 1. The molecule has 1 aliphatic rings. The van der Waals surface area contributed by atoms with Gasteiger partial charge in [0.25, 0.3) is 0 Å². The number of carboxylic acid groups (broad SMARTS) is 1. The summed E-state index contributed by atoms with van der Waals surface area (Å²) in [6.45, 7) is 2.83. The molecular weight excluding hydrogens is 218 g/mol. The highest BCUT2D eigenvalue weighted by atomic mass is 16.4. The summed E-state index contributed by atoms with van der Waals surface area (Å²) in [5, 5.41) is 17.6. The van der Waals surface area contributed by atoms with E-state index in [4.69, 9.17) is 10.2 Å². The molecule has 2 N–H and O–H groups in total. The van der Waals surface area contributed by atoms with Gasteiger partial charge in [-0.3, -0.25) is 9.69 Å². The Bertz CT molecular complexity index is 215. The van der Waals surface area contributed by atoms with Gasteiger partial charge in [-0.05, 0) is 19.4 Å². The van der Waals surface area contributed by atoms with Crippen LogP contribution < -0.4 is 0 Å². The van der Waals surface area contributed by atoms with Crippen molar-refractivity contribution >= 4 is 5.97 Å². The zero-order valence-electron chi connectivity index (χ0n) is 10.6. The van der Waals surface area contributed by atoms with Gasteiger partial charge in [-0.25, -0.2) is 0 Å². The number of aliphatic hydroxyl groups excluding tert-OH is 1. The Morgan fingerprint density at radius 3 is 2.06 bits per heavy atom. The molecule has 0 saturated carbocycles. The van der Waals surface area contributed by atoms with Crippen LogP contribution in [0.5, 0.6) is 0 Å². The third-order valence-electron chi connectivity index (χ3n) is 3.30. The van der Waals surface area contributed by atoms with Crippen molar-refractivity contribution in [2.24, 2.45) is 0 Å². The maximum absolute atomic E-state index is 10.3. The Hall–Kier alpha value is -0.610. The second kappa shape index (κ2) is 8.48. The predicted octanol–water partition coefficient (Wildman–Crippen LogP) is 1.87. The Morgan fingerprint density at radius 1 is 1.00 bits per heavy atom. The molecule has 17 heavy (non-hydrogen) atoms. The number of hydrogen-bond acceptors (Lipinski definition) is 3. The number of aliphatic carboxylic acids is 1. The fraction of sp³-hybridized carbons (Fsp3) is 0.923. The molecule has 1 fully saturated rings. The molecule has 1 aliphatic heterocycles. The smallest absolute Gasteiger partial charge is 0.303 e. The van der Waals surface area contributed by atoms with Gasteiger partial charge in [-0.1, -0.05) is 32.1 Å². The van der Waals surface area contributed by atoms with E-state index in [1.807, 2.05) is 0 Å². The molecule has 1 heterocycles. The SMILES string of the molecule is O=C(O)CCCCCCCCCN1CC(O)C1. The van der Waals surface area contributed by atoms with E-state index in [9.17, 15) is 4.79 Å². The molecule has 0 aromatic rings. The van der Waals surface area contributed by atoms with Gasteiger partial charge < -0.3 is 10.2 Å². The Morgan fingerprint density at radius 2 is 1.53 bits per heavy atom. The fourth-order valence-corrected chi connectivity index (χ4v) is 2.22. The Labute approximate surface area is 104 Å². The Balaban J connectivity index is 1.71. The Kier molecular flexibility index (Phi) is 7.21.